The van der Waals surface area contributed by atoms with E-state index in [4.69, 9.17) is 5.73 Å². The minimum Gasteiger partial charge on any atom is -0.322 e. The zero-order chi connectivity index (χ0) is 24.1. The van der Waals surface area contributed by atoms with Crippen molar-refractivity contribution in [1.29, 1.82) is 0 Å². The van der Waals surface area contributed by atoms with Crippen LogP contribution in [0, 0.1) is 0 Å². The minimum absolute atomic E-state index is 0.136. The predicted molar refractivity (Wildman–Crippen MR) is 139 cm³/mol. The number of rotatable bonds is 6. The molecule has 34 heavy (non-hydrogen) atoms. The predicted octanol–water partition coefficient (Wildman–Crippen LogP) is -1.70. The topological polar surface area (TPSA) is 127 Å². The first-order chi connectivity index (χ1) is 16.5. The Labute approximate surface area is 205 Å². The van der Waals surface area contributed by atoms with E-state index in [1.165, 1.54) is 5.56 Å². The van der Waals surface area contributed by atoms with Crippen LogP contribution in [-0.4, -0.2) is 95.4 Å². The van der Waals surface area contributed by atoms with Crippen molar-refractivity contribution in [1.82, 2.24) is 37.2 Å². The minimum atomic E-state index is -0.307. The van der Waals surface area contributed by atoms with Crippen molar-refractivity contribution in [2.75, 3.05) is 78.5 Å². The molecule has 1 aromatic carbocycles. The average molecular weight is 475 g/mol. The monoisotopic (exact) mass is 474 g/mol. The van der Waals surface area contributed by atoms with E-state index in [0.29, 0.717) is 12.8 Å². The van der Waals surface area contributed by atoms with E-state index in [1.54, 1.807) is 0 Å². The highest BCUT2D eigenvalue weighted by atomic mass is 16.1. The number of hydrogen-bond donors (Lipinski definition) is 8. The summed E-state index contributed by atoms with van der Waals surface area (Å²) in [7, 11) is 0. The molecule has 3 aliphatic rings. The summed E-state index contributed by atoms with van der Waals surface area (Å²) in [6.07, 6.45) is 1.11. The van der Waals surface area contributed by atoms with Gasteiger partial charge in [-0.15, -0.1) is 0 Å². The molecule has 3 aliphatic heterocycles. The Morgan fingerprint density at radius 2 is 1.18 bits per heavy atom. The fourth-order valence-corrected chi connectivity index (χ4v) is 4.51. The summed E-state index contributed by atoms with van der Waals surface area (Å²) < 4.78 is 0. The number of benzene rings is 1. The first kappa shape index (κ1) is 27.2. The molecule has 9 heteroatoms. The van der Waals surface area contributed by atoms with Crippen LogP contribution in [0.25, 0.3) is 0 Å². The Balaban J connectivity index is 1.67. The third kappa shape index (κ3) is 9.31. The second kappa shape index (κ2) is 14.2. The Morgan fingerprint density at radius 3 is 1.62 bits per heavy atom. The molecule has 3 heterocycles. The zero-order valence-electron chi connectivity index (χ0n) is 20.9. The molecule has 0 unspecified atom stereocenters. The SMILES string of the molecule is CCC(=O)Cc1ccc(CNC23CNCCNCC(N)(CNCCNC2)CNCCNC3)cc1. The van der Waals surface area contributed by atoms with Crippen LogP contribution in [0.4, 0.5) is 0 Å². The van der Waals surface area contributed by atoms with Gasteiger partial charge in [-0.3, -0.25) is 4.79 Å². The molecule has 3 fully saturated rings. The standard InChI is InChI=1S/C25H46N8O/c1-2-23(34)13-21-3-5-22(6-4-21)14-33-25-18-30-10-7-27-15-24(26,16-28-8-11-31-19-25)17-29-9-12-32-20-25/h3-6,27-33H,2,7-20,26H2,1H3. The van der Waals surface area contributed by atoms with E-state index in [2.05, 4.69) is 61.5 Å². The quantitative estimate of drug-likeness (QED) is 0.243. The number of carbonyl (C=O) groups excluding carboxylic acids is 1. The van der Waals surface area contributed by atoms with E-state index in [9.17, 15) is 4.79 Å². The van der Waals surface area contributed by atoms with Gasteiger partial charge in [0.15, 0.2) is 0 Å². The van der Waals surface area contributed by atoms with Crippen LogP contribution >= 0.6 is 0 Å². The van der Waals surface area contributed by atoms with Gasteiger partial charge in [-0.2, -0.15) is 0 Å². The number of ketones is 1. The van der Waals surface area contributed by atoms with Crippen LogP contribution in [0.1, 0.15) is 24.5 Å². The second-order valence-corrected chi connectivity index (χ2v) is 9.94. The molecular formula is C25H46N8O. The van der Waals surface area contributed by atoms with E-state index in [0.717, 1.165) is 90.6 Å². The smallest absolute Gasteiger partial charge is 0.136 e. The molecule has 0 radical (unpaired) electrons. The molecule has 9 N–H and O–H groups in total. The molecule has 3 saturated heterocycles. The lowest BCUT2D eigenvalue weighted by Gasteiger charge is -2.37. The molecule has 9 nitrogen and oxygen atoms in total. The van der Waals surface area contributed by atoms with Crippen LogP contribution in [0.3, 0.4) is 0 Å². The molecule has 0 spiro atoms. The molecule has 0 saturated carbocycles. The zero-order valence-corrected chi connectivity index (χ0v) is 20.9. The number of hydrogen-bond acceptors (Lipinski definition) is 9. The van der Waals surface area contributed by atoms with Crippen molar-refractivity contribution in [2.45, 2.75) is 37.4 Å². The lowest BCUT2D eigenvalue weighted by Crippen LogP contribution is -2.66. The Kier molecular flexibility index (Phi) is 11.4. The Bertz CT molecular complexity index is 683. The van der Waals surface area contributed by atoms with Crippen LogP contribution in [0.5, 0.6) is 0 Å². The molecular weight excluding hydrogens is 428 g/mol. The number of nitrogens with one attached hydrogen (secondary N) is 7. The van der Waals surface area contributed by atoms with E-state index in [1.807, 2.05) is 6.92 Å². The van der Waals surface area contributed by atoms with Crippen molar-refractivity contribution >= 4 is 5.78 Å². The molecule has 0 aromatic heterocycles. The van der Waals surface area contributed by atoms with Gasteiger partial charge in [-0.1, -0.05) is 31.2 Å². The van der Waals surface area contributed by atoms with Gasteiger partial charge in [0.05, 0.1) is 11.1 Å². The van der Waals surface area contributed by atoms with Gasteiger partial charge in [-0.05, 0) is 11.1 Å². The number of carbonyl (C=O) groups is 1. The third-order valence-electron chi connectivity index (χ3n) is 6.74. The fourth-order valence-electron chi connectivity index (χ4n) is 4.51. The van der Waals surface area contributed by atoms with Crippen LogP contribution < -0.4 is 43.0 Å². The summed E-state index contributed by atoms with van der Waals surface area (Å²) in [4.78, 5) is 11.8. The van der Waals surface area contributed by atoms with Crippen LogP contribution in [0.2, 0.25) is 0 Å². The molecule has 4 rings (SSSR count). The summed E-state index contributed by atoms with van der Waals surface area (Å²) in [5.74, 6) is 0.281. The maximum absolute atomic E-state index is 11.8. The molecule has 0 amide bonds. The van der Waals surface area contributed by atoms with E-state index >= 15 is 0 Å². The number of fused-ring (bicyclic) bond motifs is 15. The lowest BCUT2D eigenvalue weighted by molar-refractivity contribution is -0.118. The number of Topliss-reactive ketones (excluding diaryl/α,β-unsaturated/α-hetero) is 1. The summed E-state index contributed by atoms with van der Waals surface area (Å²) in [6.45, 7) is 12.9. The molecule has 1 aromatic rings. The van der Waals surface area contributed by atoms with Crippen LogP contribution in [-0.2, 0) is 17.8 Å². The van der Waals surface area contributed by atoms with Crippen LogP contribution in [0.15, 0.2) is 24.3 Å². The summed E-state index contributed by atoms with van der Waals surface area (Å²) in [5, 5.41) is 25.5. The van der Waals surface area contributed by atoms with Gasteiger partial charge < -0.3 is 43.0 Å². The van der Waals surface area contributed by atoms with Gasteiger partial charge in [0.2, 0.25) is 0 Å². The van der Waals surface area contributed by atoms with Crippen molar-refractivity contribution in [2.24, 2.45) is 5.73 Å². The molecule has 0 atom stereocenters. The number of nitrogens with two attached hydrogens (primary N) is 1. The maximum atomic E-state index is 11.8. The highest BCUT2D eigenvalue weighted by Gasteiger charge is 2.30. The van der Waals surface area contributed by atoms with Crippen molar-refractivity contribution in [3.63, 3.8) is 0 Å². The molecule has 192 valence electrons. The van der Waals surface area contributed by atoms with Gasteiger partial charge >= 0.3 is 0 Å². The summed E-state index contributed by atoms with van der Waals surface area (Å²) in [5.41, 5.74) is 8.55. The average Bonchev–Trinajstić information content (AvgIpc) is 2.84. The van der Waals surface area contributed by atoms with Gasteiger partial charge in [0, 0.05) is 97.9 Å². The lowest BCUT2D eigenvalue weighted by atomic mass is 9.97. The van der Waals surface area contributed by atoms with E-state index < -0.39 is 0 Å². The van der Waals surface area contributed by atoms with Crippen molar-refractivity contribution in [3.05, 3.63) is 35.4 Å². The van der Waals surface area contributed by atoms with Crippen molar-refractivity contribution < 1.29 is 4.79 Å². The first-order valence-corrected chi connectivity index (χ1v) is 12.9. The van der Waals surface area contributed by atoms with Gasteiger partial charge in [0.1, 0.15) is 5.78 Å². The summed E-state index contributed by atoms with van der Waals surface area (Å²) in [6, 6.07) is 8.44. The third-order valence-corrected chi connectivity index (χ3v) is 6.74. The normalized spacial score (nSPS) is 28.2. The highest BCUT2D eigenvalue weighted by Crippen LogP contribution is 2.10. The molecule has 2 bridgehead atoms. The van der Waals surface area contributed by atoms with Gasteiger partial charge in [-0.25, -0.2) is 0 Å². The fraction of sp³-hybridized carbons (Fsp3) is 0.720. The van der Waals surface area contributed by atoms with E-state index in [-0.39, 0.29) is 16.9 Å². The Hall–Kier alpha value is -1.43. The first-order valence-electron chi connectivity index (χ1n) is 12.9. The largest absolute Gasteiger partial charge is 0.322 e. The molecule has 0 aliphatic carbocycles. The second-order valence-electron chi connectivity index (χ2n) is 9.94. The van der Waals surface area contributed by atoms with Gasteiger partial charge in [0.25, 0.3) is 0 Å². The Morgan fingerprint density at radius 1 is 0.765 bits per heavy atom. The highest BCUT2D eigenvalue weighted by molar-refractivity contribution is 5.80. The maximum Gasteiger partial charge on any atom is 0.136 e. The van der Waals surface area contributed by atoms with Crippen molar-refractivity contribution in [3.8, 4) is 0 Å². The summed E-state index contributed by atoms with van der Waals surface area (Å²) >= 11 is 0.